The number of imidazole rings is 2. The van der Waals surface area contributed by atoms with E-state index in [1.54, 1.807) is 47.3 Å². The topological polar surface area (TPSA) is 193 Å². The molecule has 3 aliphatic heterocycles. The highest BCUT2D eigenvalue weighted by molar-refractivity contribution is 6.07. The van der Waals surface area contributed by atoms with Crippen molar-refractivity contribution in [3.63, 3.8) is 0 Å². The van der Waals surface area contributed by atoms with Crippen molar-refractivity contribution in [1.29, 1.82) is 0 Å². The summed E-state index contributed by atoms with van der Waals surface area (Å²) in [4.78, 5) is 50.8. The molecule has 6 aromatic rings. The molecule has 9 rings (SSSR count). The van der Waals surface area contributed by atoms with Crippen LogP contribution >= 0.6 is 0 Å². The van der Waals surface area contributed by atoms with E-state index in [0.29, 0.717) is 51.5 Å². The van der Waals surface area contributed by atoms with Crippen molar-refractivity contribution in [2.45, 2.75) is 76.4 Å². The number of hydrogen-bond acceptors (Lipinski definition) is 12. The molecular formula is C42H42N10O6. The number of amides is 2. The predicted molar refractivity (Wildman–Crippen MR) is 213 cm³/mol. The van der Waals surface area contributed by atoms with Crippen LogP contribution in [0.1, 0.15) is 73.7 Å². The number of nitrogens with one attached hydrogen (secondary N) is 2. The maximum absolute atomic E-state index is 12.5. The van der Waals surface area contributed by atoms with Crippen LogP contribution in [0.25, 0.3) is 22.3 Å². The Morgan fingerprint density at radius 1 is 0.776 bits per heavy atom. The highest BCUT2D eigenvalue weighted by Crippen LogP contribution is 2.55. The van der Waals surface area contributed by atoms with Gasteiger partial charge in [0, 0.05) is 23.0 Å². The maximum atomic E-state index is 12.5. The normalized spacial score (nSPS) is 27.1. The Labute approximate surface area is 333 Å². The number of hydrogen-bond donors (Lipinski definition) is 3. The van der Waals surface area contributed by atoms with Crippen LogP contribution in [0.4, 0.5) is 11.6 Å². The fraction of sp³-hybridized carbons (Fsp3) is 0.333. The predicted octanol–water partition coefficient (Wildman–Crippen LogP) is 5.69. The van der Waals surface area contributed by atoms with E-state index in [4.69, 9.17) is 20.6 Å². The van der Waals surface area contributed by atoms with Crippen LogP contribution < -0.4 is 10.6 Å². The molecule has 3 N–H and O–H groups in total. The minimum absolute atomic E-state index is 0.168. The molecule has 296 valence electrons. The van der Waals surface area contributed by atoms with Crippen LogP contribution in [0.15, 0.2) is 98.3 Å². The summed E-state index contributed by atoms with van der Waals surface area (Å²) in [7, 11) is 0. The number of fused-ring (bicyclic) bond motifs is 4. The lowest BCUT2D eigenvalue weighted by molar-refractivity contribution is -0.136. The number of terminal acetylenes is 1. The summed E-state index contributed by atoms with van der Waals surface area (Å²) < 4.78 is 22.0. The van der Waals surface area contributed by atoms with Gasteiger partial charge >= 0.3 is 0 Å². The van der Waals surface area contributed by atoms with E-state index in [1.165, 1.54) is 19.0 Å². The highest BCUT2D eigenvalue weighted by Gasteiger charge is 2.62. The molecule has 3 aliphatic rings. The van der Waals surface area contributed by atoms with Gasteiger partial charge in [-0.1, -0.05) is 76.6 Å². The van der Waals surface area contributed by atoms with Gasteiger partial charge in [-0.25, -0.2) is 29.9 Å². The molecule has 3 fully saturated rings. The van der Waals surface area contributed by atoms with Gasteiger partial charge in [-0.3, -0.25) is 18.7 Å². The molecule has 7 heterocycles. The van der Waals surface area contributed by atoms with E-state index in [0.717, 1.165) is 6.42 Å². The zero-order chi connectivity index (χ0) is 40.8. The van der Waals surface area contributed by atoms with Gasteiger partial charge in [0.05, 0.1) is 12.7 Å². The lowest BCUT2D eigenvalue weighted by Gasteiger charge is -2.32. The molecule has 16 nitrogen and oxygen atoms in total. The molecule has 2 aromatic carbocycles. The van der Waals surface area contributed by atoms with Gasteiger partial charge in [0.15, 0.2) is 46.4 Å². The van der Waals surface area contributed by atoms with E-state index < -0.39 is 23.5 Å². The molecule has 2 unspecified atom stereocenters. The summed E-state index contributed by atoms with van der Waals surface area (Å²) in [5.74, 6) is 3.36. The lowest BCUT2D eigenvalue weighted by Crippen LogP contribution is -2.34. The Morgan fingerprint density at radius 3 is 1.74 bits per heavy atom. The van der Waals surface area contributed by atoms with Crippen LogP contribution in [0.3, 0.4) is 0 Å². The molecule has 4 aromatic heterocycles. The summed E-state index contributed by atoms with van der Waals surface area (Å²) in [6.45, 7) is 12.0. The number of aromatic nitrogens is 8. The Bertz CT molecular complexity index is 2560. The van der Waals surface area contributed by atoms with Crippen molar-refractivity contribution in [2.24, 2.45) is 11.8 Å². The second-order valence-electron chi connectivity index (χ2n) is 14.5. The molecule has 0 saturated carbocycles. The number of aliphatic hydroxyl groups excluding tert-OH is 1. The largest absolute Gasteiger partial charge is 0.487 e. The van der Waals surface area contributed by atoms with Crippen molar-refractivity contribution < 1.29 is 28.9 Å². The third kappa shape index (κ3) is 6.24. The fourth-order valence-corrected chi connectivity index (χ4v) is 8.07. The first-order valence-corrected chi connectivity index (χ1v) is 19.0. The average Bonchev–Trinajstić information content (AvgIpc) is 4.06. The maximum Gasteiger partial charge on any atom is 0.256 e. The van der Waals surface area contributed by atoms with Crippen LogP contribution in [-0.2, 0) is 14.2 Å². The molecule has 2 bridgehead atoms. The molecule has 0 spiro atoms. The fourth-order valence-electron chi connectivity index (χ4n) is 8.07. The van der Waals surface area contributed by atoms with Crippen molar-refractivity contribution in [2.75, 3.05) is 10.6 Å². The molecule has 8 atom stereocenters. The van der Waals surface area contributed by atoms with Gasteiger partial charge in [0.2, 0.25) is 0 Å². The summed E-state index contributed by atoms with van der Waals surface area (Å²) >= 11 is 0. The number of carbonyl (C=O) groups excluding carboxylic acids is 2. The van der Waals surface area contributed by atoms with Crippen molar-refractivity contribution in [3.8, 4) is 12.3 Å². The molecule has 16 heteroatoms. The first-order chi connectivity index (χ1) is 28.1. The molecule has 0 radical (unpaired) electrons. The standard InChI is InChI=1S/2C21H21N5O3/c1-4-21-12(2)16(28-13(21)3)20(29-21)26-11-24-15-17(22-10-23-18(15)26)25-19(27)14-8-6-5-7-9-14;1-4-21(5-2)13(3)16(27)20(29-21)26-12-24-15-17(22-11-23-18(15)26)25-19(28)14-9-7-6-8-10-14/h5-12,16,20H,3-4H2,1-2H3,(H,22,23,25,27);1,6-13,16,20,27H,5H2,2-3H3,(H,22,23,25,28)/t12?,16-,20+,21+;13?,16-,20+,21+/m00/s1. The van der Waals surface area contributed by atoms with E-state index in [9.17, 15) is 14.7 Å². The zero-order valence-electron chi connectivity index (χ0n) is 32.3. The van der Waals surface area contributed by atoms with Gasteiger partial charge in [-0.15, -0.1) is 6.42 Å². The van der Waals surface area contributed by atoms with Gasteiger partial charge < -0.3 is 30.0 Å². The Morgan fingerprint density at radius 2 is 1.29 bits per heavy atom. The van der Waals surface area contributed by atoms with E-state index >= 15 is 0 Å². The SMILES string of the molecule is C#C[C@]1(CC)O[C@@H](n2cnc3c(NC(=O)c4ccccc4)ncnc32)[C@@H](O)C1C.C=C1O[C@H]2C(C)[C@@]1(CC)O[C@H]2n1cnc2c(NC(=O)c3ccccc3)ncnc21. The number of nitrogens with zero attached hydrogens (tertiary/aromatic N) is 8. The second kappa shape index (κ2) is 15.1. The van der Waals surface area contributed by atoms with Gasteiger partial charge in [0.25, 0.3) is 11.8 Å². The smallest absolute Gasteiger partial charge is 0.256 e. The summed E-state index contributed by atoms with van der Waals surface area (Å²) in [5.41, 5.74) is 1.60. The quantitative estimate of drug-likeness (QED) is 0.160. The Kier molecular flexibility index (Phi) is 9.97. The summed E-state index contributed by atoms with van der Waals surface area (Å²) in [6.07, 6.45) is 10.9. The van der Waals surface area contributed by atoms with Gasteiger partial charge in [0.1, 0.15) is 41.8 Å². The summed E-state index contributed by atoms with van der Waals surface area (Å²) in [6, 6.07) is 17.8. The van der Waals surface area contributed by atoms with Crippen LogP contribution in [0.5, 0.6) is 0 Å². The van der Waals surface area contributed by atoms with E-state index in [1.807, 2.05) is 42.7 Å². The first kappa shape index (κ1) is 38.3. The van der Waals surface area contributed by atoms with Gasteiger partial charge in [-0.05, 0) is 37.1 Å². The Balaban J connectivity index is 0.000000162. The number of ether oxygens (including phenoxy) is 3. The molecule has 58 heavy (non-hydrogen) atoms. The Hall–Kier alpha value is -6.54. The first-order valence-electron chi connectivity index (χ1n) is 19.0. The molecular weight excluding hydrogens is 741 g/mol. The molecule has 0 aliphatic carbocycles. The summed E-state index contributed by atoms with van der Waals surface area (Å²) in [5, 5.41) is 16.4. The van der Waals surface area contributed by atoms with Crippen molar-refractivity contribution in [3.05, 3.63) is 109 Å². The monoisotopic (exact) mass is 782 g/mol. The minimum atomic E-state index is -0.863. The zero-order valence-corrected chi connectivity index (χ0v) is 32.3. The van der Waals surface area contributed by atoms with Crippen LogP contribution in [0, 0.1) is 24.2 Å². The number of anilines is 2. The van der Waals surface area contributed by atoms with Crippen molar-refractivity contribution in [1.82, 2.24) is 39.0 Å². The van der Waals surface area contributed by atoms with Crippen LogP contribution in [-0.4, -0.2) is 79.4 Å². The number of benzene rings is 2. The number of aliphatic hydroxyl groups is 1. The highest BCUT2D eigenvalue weighted by atomic mass is 16.6. The van der Waals surface area contributed by atoms with E-state index in [2.05, 4.69) is 66.9 Å². The second-order valence-corrected chi connectivity index (χ2v) is 14.5. The van der Waals surface area contributed by atoms with E-state index in [-0.39, 0.29) is 41.8 Å². The number of rotatable bonds is 8. The number of carbonyl (C=O) groups is 2. The molecule has 2 amide bonds. The molecule has 3 saturated heterocycles. The van der Waals surface area contributed by atoms with Gasteiger partial charge in [-0.2, -0.15) is 0 Å². The van der Waals surface area contributed by atoms with Crippen molar-refractivity contribution >= 4 is 45.8 Å². The third-order valence-electron chi connectivity index (χ3n) is 11.6. The lowest BCUT2D eigenvalue weighted by atomic mass is 9.85. The minimum Gasteiger partial charge on any atom is -0.487 e. The average molecular weight is 783 g/mol. The van der Waals surface area contributed by atoms with Crippen LogP contribution in [0.2, 0.25) is 0 Å². The third-order valence-corrected chi connectivity index (χ3v) is 11.6.